The van der Waals surface area contributed by atoms with Crippen LogP contribution in [-0.4, -0.2) is 9.78 Å². The van der Waals surface area contributed by atoms with Crippen molar-refractivity contribution in [3.63, 3.8) is 0 Å². The van der Waals surface area contributed by atoms with Gasteiger partial charge in [-0.2, -0.15) is 5.10 Å². The van der Waals surface area contributed by atoms with Crippen molar-refractivity contribution >= 4 is 12.4 Å². The Hall–Kier alpha value is -1.32. The second-order valence-corrected chi connectivity index (χ2v) is 4.00. The number of benzene rings is 1. The quantitative estimate of drug-likeness (QED) is 0.905. The zero-order valence-corrected chi connectivity index (χ0v) is 11.0. The first-order chi connectivity index (χ1) is 7.75. The molecule has 92 valence electrons. The van der Waals surface area contributed by atoms with Crippen LogP contribution in [-0.2, 0) is 20.1 Å². The second-order valence-electron chi connectivity index (χ2n) is 4.00. The number of hydrogen-bond acceptors (Lipinski definition) is 2. The summed E-state index contributed by atoms with van der Waals surface area (Å²) in [5, 5.41) is 7.73. The van der Waals surface area contributed by atoms with Crippen molar-refractivity contribution in [1.82, 2.24) is 15.1 Å². The van der Waals surface area contributed by atoms with Crippen LogP contribution in [0.1, 0.15) is 16.8 Å². The van der Waals surface area contributed by atoms with Crippen molar-refractivity contribution in [1.29, 1.82) is 0 Å². The summed E-state index contributed by atoms with van der Waals surface area (Å²) in [5.74, 6) is 0. The Labute approximate surface area is 108 Å². The Morgan fingerprint density at radius 3 is 2.47 bits per heavy atom. The number of aryl methyl sites for hydroxylation is 2. The number of rotatable bonds is 4. The Morgan fingerprint density at radius 1 is 1.18 bits per heavy atom. The molecule has 3 nitrogen and oxygen atoms in total. The van der Waals surface area contributed by atoms with E-state index in [-0.39, 0.29) is 12.4 Å². The topological polar surface area (TPSA) is 29.9 Å². The summed E-state index contributed by atoms with van der Waals surface area (Å²) >= 11 is 0. The molecule has 1 aromatic heterocycles. The Balaban J connectivity index is 0.00000144. The maximum atomic E-state index is 4.31. The molecule has 0 saturated heterocycles. The van der Waals surface area contributed by atoms with Crippen molar-refractivity contribution in [3.8, 4) is 0 Å². The predicted octanol–water partition coefficient (Wildman–Crippen LogP) is 2.44. The fourth-order valence-electron chi connectivity index (χ4n) is 1.76. The molecular weight excluding hydrogens is 234 g/mol. The number of nitrogens with one attached hydrogen (secondary N) is 1. The monoisotopic (exact) mass is 251 g/mol. The van der Waals surface area contributed by atoms with Gasteiger partial charge in [0.25, 0.3) is 0 Å². The maximum Gasteiger partial charge on any atom is 0.0638 e. The van der Waals surface area contributed by atoms with Gasteiger partial charge in [0.2, 0.25) is 0 Å². The molecule has 0 aliphatic carbocycles. The summed E-state index contributed by atoms with van der Waals surface area (Å²) in [6.07, 6.45) is 2.06. The third-order valence-electron chi connectivity index (χ3n) is 2.60. The smallest absolute Gasteiger partial charge is 0.0638 e. The molecule has 0 aliphatic rings. The van der Waals surface area contributed by atoms with E-state index in [2.05, 4.69) is 40.9 Å². The van der Waals surface area contributed by atoms with E-state index in [9.17, 15) is 0 Å². The minimum absolute atomic E-state index is 0. The van der Waals surface area contributed by atoms with Gasteiger partial charge in [-0.15, -0.1) is 12.4 Å². The minimum Gasteiger partial charge on any atom is -0.308 e. The first-order valence-electron chi connectivity index (χ1n) is 5.49. The third kappa shape index (κ3) is 3.88. The normalized spacial score (nSPS) is 10.0. The molecule has 1 N–H and O–H groups in total. The van der Waals surface area contributed by atoms with Gasteiger partial charge in [0.1, 0.15) is 0 Å². The molecule has 0 aliphatic heterocycles. The molecule has 17 heavy (non-hydrogen) atoms. The van der Waals surface area contributed by atoms with Crippen LogP contribution in [0.4, 0.5) is 0 Å². The van der Waals surface area contributed by atoms with E-state index in [0.29, 0.717) is 0 Å². The molecular formula is C13H18ClN3. The van der Waals surface area contributed by atoms with Gasteiger partial charge in [-0.25, -0.2) is 0 Å². The molecule has 0 spiro atoms. The van der Waals surface area contributed by atoms with Crippen molar-refractivity contribution in [2.75, 3.05) is 0 Å². The molecule has 1 aromatic carbocycles. The number of halogens is 1. The van der Waals surface area contributed by atoms with Crippen LogP contribution in [0.25, 0.3) is 0 Å². The van der Waals surface area contributed by atoms with E-state index < -0.39 is 0 Å². The number of hydrogen-bond donors (Lipinski definition) is 1. The average Bonchev–Trinajstić information content (AvgIpc) is 2.59. The van der Waals surface area contributed by atoms with Crippen LogP contribution in [0.5, 0.6) is 0 Å². The first kappa shape index (κ1) is 13.7. The third-order valence-corrected chi connectivity index (χ3v) is 2.60. The molecule has 0 unspecified atom stereocenters. The molecule has 0 saturated carbocycles. The van der Waals surface area contributed by atoms with E-state index in [1.165, 1.54) is 11.1 Å². The first-order valence-corrected chi connectivity index (χ1v) is 5.49. The lowest BCUT2D eigenvalue weighted by Crippen LogP contribution is -2.12. The van der Waals surface area contributed by atoms with E-state index >= 15 is 0 Å². The molecule has 1 heterocycles. The fraction of sp³-hybridized carbons (Fsp3) is 0.308. The highest BCUT2D eigenvalue weighted by Crippen LogP contribution is 2.04. The second kappa shape index (κ2) is 6.42. The Bertz CT molecular complexity index is 451. The van der Waals surface area contributed by atoms with Gasteiger partial charge in [0, 0.05) is 31.9 Å². The summed E-state index contributed by atoms with van der Waals surface area (Å²) < 4.78 is 1.86. The summed E-state index contributed by atoms with van der Waals surface area (Å²) in [6, 6.07) is 10.4. The van der Waals surface area contributed by atoms with E-state index in [0.717, 1.165) is 18.8 Å². The van der Waals surface area contributed by atoms with Crippen LogP contribution >= 0.6 is 12.4 Å². The fourth-order valence-corrected chi connectivity index (χ4v) is 1.76. The van der Waals surface area contributed by atoms with Crippen molar-refractivity contribution < 1.29 is 0 Å². The standard InChI is InChI=1S/C13H17N3.ClH/c1-11-13(10-16(2)15-11)9-14-8-12-6-4-3-5-7-12;/h3-7,10,14H,8-9H2,1-2H3;1H. The van der Waals surface area contributed by atoms with Gasteiger partial charge < -0.3 is 5.32 Å². The van der Waals surface area contributed by atoms with Crippen molar-refractivity contribution in [2.45, 2.75) is 20.0 Å². The zero-order valence-electron chi connectivity index (χ0n) is 10.2. The van der Waals surface area contributed by atoms with Gasteiger partial charge >= 0.3 is 0 Å². The summed E-state index contributed by atoms with van der Waals surface area (Å²) in [5.41, 5.74) is 3.67. The van der Waals surface area contributed by atoms with E-state index in [1.54, 1.807) is 0 Å². The molecule has 4 heteroatoms. The van der Waals surface area contributed by atoms with Crippen LogP contribution in [0.3, 0.4) is 0 Å². The van der Waals surface area contributed by atoms with Gasteiger partial charge in [0.15, 0.2) is 0 Å². The highest BCUT2D eigenvalue weighted by atomic mass is 35.5. The number of aromatic nitrogens is 2. The van der Waals surface area contributed by atoms with E-state index in [1.807, 2.05) is 24.7 Å². The zero-order chi connectivity index (χ0) is 11.4. The summed E-state index contributed by atoms with van der Waals surface area (Å²) in [6.45, 7) is 3.81. The largest absolute Gasteiger partial charge is 0.308 e. The van der Waals surface area contributed by atoms with Gasteiger partial charge in [-0.3, -0.25) is 4.68 Å². The van der Waals surface area contributed by atoms with Crippen LogP contribution < -0.4 is 5.32 Å². The minimum atomic E-state index is 0. The van der Waals surface area contributed by atoms with Gasteiger partial charge in [0.05, 0.1) is 5.69 Å². The number of nitrogens with zero attached hydrogens (tertiary/aromatic N) is 2. The Morgan fingerprint density at radius 2 is 1.88 bits per heavy atom. The molecule has 0 atom stereocenters. The van der Waals surface area contributed by atoms with Crippen molar-refractivity contribution in [3.05, 3.63) is 53.3 Å². The lowest BCUT2D eigenvalue weighted by atomic mass is 10.2. The predicted molar refractivity (Wildman–Crippen MR) is 72.2 cm³/mol. The highest BCUT2D eigenvalue weighted by molar-refractivity contribution is 5.85. The lowest BCUT2D eigenvalue weighted by molar-refractivity contribution is 0.690. The molecule has 2 aromatic rings. The SMILES string of the molecule is Cc1nn(C)cc1CNCc1ccccc1.Cl. The van der Waals surface area contributed by atoms with E-state index in [4.69, 9.17) is 0 Å². The summed E-state index contributed by atoms with van der Waals surface area (Å²) in [4.78, 5) is 0. The molecule has 2 rings (SSSR count). The van der Waals surface area contributed by atoms with Gasteiger partial charge in [-0.1, -0.05) is 30.3 Å². The van der Waals surface area contributed by atoms with Crippen LogP contribution in [0.15, 0.2) is 36.5 Å². The molecule has 0 amide bonds. The molecule has 0 fully saturated rings. The highest BCUT2D eigenvalue weighted by Gasteiger charge is 2.01. The van der Waals surface area contributed by atoms with Crippen LogP contribution in [0.2, 0.25) is 0 Å². The van der Waals surface area contributed by atoms with Crippen LogP contribution in [0, 0.1) is 6.92 Å². The van der Waals surface area contributed by atoms with Crippen molar-refractivity contribution in [2.24, 2.45) is 7.05 Å². The summed E-state index contributed by atoms with van der Waals surface area (Å²) in [7, 11) is 1.95. The average molecular weight is 252 g/mol. The molecule has 0 bridgehead atoms. The lowest BCUT2D eigenvalue weighted by Gasteiger charge is -2.03. The Kier molecular flexibility index (Phi) is 5.19. The molecule has 0 radical (unpaired) electrons. The maximum absolute atomic E-state index is 4.31. The van der Waals surface area contributed by atoms with Gasteiger partial charge in [-0.05, 0) is 12.5 Å².